The Bertz CT molecular complexity index is 361. The Labute approximate surface area is 110 Å². The molecule has 1 N–H and O–H groups in total. The molecule has 1 saturated heterocycles. The highest BCUT2D eigenvalue weighted by Crippen LogP contribution is 2.24. The Morgan fingerprint density at radius 3 is 2.78 bits per heavy atom. The SMILES string of the molecule is CCNc1cnc(CN2CCC(C(C)C)C2)cn1. The summed E-state index contributed by atoms with van der Waals surface area (Å²) in [5.41, 5.74) is 1.07. The van der Waals surface area contributed by atoms with E-state index in [4.69, 9.17) is 0 Å². The molecule has 0 bridgehead atoms. The van der Waals surface area contributed by atoms with Gasteiger partial charge in [0.15, 0.2) is 0 Å². The van der Waals surface area contributed by atoms with E-state index in [1.54, 1.807) is 0 Å². The standard InChI is InChI=1S/C14H24N4/c1-4-15-14-8-16-13(7-17-14)10-18-6-5-12(9-18)11(2)3/h7-8,11-12H,4-6,9-10H2,1-3H3,(H,15,17). The summed E-state index contributed by atoms with van der Waals surface area (Å²) in [6.45, 7) is 10.9. The molecule has 0 spiro atoms. The third-order valence-corrected chi connectivity index (χ3v) is 3.70. The fraction of sp³-hybridized carbons (Fsp3) is 0.714. The van der Waals surface area contributed by atoms with Gasteiger partial charge in [0.1, 0.15) is 5.82 Å². The second kappa shape index (κ2) is 6.14. The van der Waals surface area contributed by atoms with Crippen LogP contribution in [-0.4, -0.2) is 34.5 Å². The fourth-order valence-corrected chi connectivity index (χ4v) is 2.49. The molecule has 0 amide bonds. The maximum absolute atomic E-state index is 4.46. The third-order valence-electron chi connectivity index (χ3n) is 3.70. The maximum atomic E-state index is 4.46. The van der Waals surface area contributed by atoms with Crippen molar-refractivity contribution in [3.63, 3.8) is 0 Å². The zero-order valence-corrected chi connectivity index (χ0v) is 11.7. The highest BCUT2D eigenvalue weighted by molar-refractivity contribution is 5.30. The summed E-state index contributed by atoms with van der Waals surface area (Å²) in [6, 6.07) is 0. The van der Waals surface area contributed by atoms with Gasteiger partial charge in [0.25, 0.3) is 0 Å². The molecule has 4 heteroatoms. The van der Waals surface area contributed by atoms with Gasteiger partial charge in [-0.2, -0.15) is 0 Å². The largest absolute Gasteiger partial charge is 0.369 e. The smallest absolute Gasteiger partial charge is 0.144 e. The predicted octanol–water partition coefficient (Wildman–Crippen LogP) is 2.39. The topological polar surface area (TPSA) is 41.1 Å². The predicted molar refractivity (Wildman–Crippen MR) is 74.4 cm³/mol. The molecule has 1 atom stereocenters. The molecule has 1 aliphatic rings. The van der Waals surface area contributed by atoms with Crippen molar-refractivity contribution in [2.24, 2.45) is 11.8 Å². The highest BCUT2D eigenvalue weighted by Gasteiger charge is 2.24. The van der Waals surface area contributed by atoms with Gasteiger partial charge in [0, 0.05) is 19.6 Å². The van der Waals surface area contributed by atoms with Crippen LogP contribution in [0.5, 0.6) is 0 Å². The van der Waals surface area contributed by atoms with Gasteiger partial charge in [-0.1, -0.05) is 13.8 Å². The molecule has 100 valence electrons. The van der Waals surface area contributed by atoms with Gasteiger partial charge in [0.2, 0.25) is 0 Å². The lowest BCUT2D eigenvalue weighted by Crippen LogP contribution is -2.22. The van der Waals surface area contributed by atoms with Crippen LogP contribution in [0.3, 0.4) is 0 Å². The van der Waals surface area contributed by atoms with Gasteiger partial charge < -0.3 is 5.32 Å². The van der Waals surface area contributed by atoms with E-state index in [9.17, 15) is 0 Å². The summed E-state index contributed by atoms with van der Waals surface area (Å²) in [5.74, 6) is 2.50. The van der Waals surface area contributed by atoms with Gasteiger partial charge in [-0.15, -0.1) is 0 Å². The van der Waals surface area contributed by atoms with Crippen molar-refractivity contribution in [3.05, 3.63) is 18.1 Å². The Morgan fingerprint density at radius 2 is 2.22 bits per heavy atom. The van der Waals surface area contributed by atoms with Crippen molar-refractivity contribution >= 4 is 5.82 Å². The van der Waals surface area contributed by atoms with Crippen LogP contribution in [0.25, 0.3) is 0 Å². The average Bonchev–Trinajstić information content (AvgIpc) is 2.81. The first-order valence-electron chi connectivity index (χ1n) is 6.96. The van der Waals surface area contributed by atoms with E-state index in [0.29, 0.717) is 0 Å². The van der Waals surface area contributed by atoms with Crippen molar-refractivity contribution in [2.75, 3.05) is 25.0 Å². The van der Waals surface area contributed by atoms with E-state index in [0.717, 1.165) is 36.4 Å². The van der Waals surface area contributed by atoms with Gasteiger partial charge in [-0.05, 0) is 31.7 Å². The number of likely N-dealkylation sites (tertiary alicyclic amines) is 1. The Kier molecular flexibility index (Phi) is 4.53. The Hall–Kier alpha value is -1.16. The van der Waals surface area contributed by atoms with Gasteiger partial charge in [-0.25, -0.2) is 4.98 Å². The first-order chi connectivity index (χ1) is 8.69. The third kappa shape index (κ3) is 3.42. The lowest BCUT2D eigenvalue weighted by molar-refractivity contribution is 0.293. The van der Waals surface area contributed by atoms with Crippen LogP contribution in [-0.2, 0) is 6.54 Å². The molecule has 18 heavy (non-hydrogen) atoms. The molecule has 2 rings (SSSR count). The molecular formula is C14H24N4. The van der Waals surface area contributed by atoms with E-state index in [1.807, 2.05) is 12.4 Å². The van der Waals surface area contributed by atoms with Crippen LogP contribution in [0.1, 0.15) is 32.9 Å². The first-order valence-corrected chi connectivity index (χ1v) is 6.96. The van der Waals surface area contributed by atoms with E-state index < -0.39 is 0 Å². The zero-order valence-electron chi connectivity index (χ0n) is 11.7. The summed E-state index contributed by atoms with van der Waals surface area (Å²) >= 11 is 0. The maximum Gasteiger partial charge on any atom is 0.144 e. The van der Waals surface area contributed by atoms with E-state index in [-0.39, 0.29) is 0 Å². The molecule has 1 fully saturated rings. The quantitative estimate of drug-likeness (QED) is 0.868. The number of rotatable bonds is 5. The number of aromatic nitrogens is 2. The molecular weight excluding hydrogens is 224 g/mol. The van der Waals surface area contributed by atoms with Crippen LogP contribution < -0.4 is 5.32 Å². The normalized spacial score (nSPS) is 20.6. The second-order valence-electron chi connectivity index (χ2n) is 5.45. The summed E-state index contributed by atoms with van der Waals surface area (Å²) in [4.78, 5) is 11.3. The summed E-state index contributed by atoms with van der Waals surface area (Å²) in [6.07, 6.45) is 5.04. The molecule has 0 aliphatic carbocycles. The minimum atomic E-state index is 0.789. The molecule has 1 aromatic heterocycles. The lowest BCUT2D eigenvalue weighted by Gasteiger charge is -2.17. The second-order valence-corrected chi connectivity index (χ2v) is 5.45. The molecule has 4 nitrogen and oxygen atoms in total. The molecule has 0 saturated carbocycles. The molecule has 1 unspecified atom stereocenters. The number of nitrogens with zero attached hydrogens (tertiary/aromatic N) is 3. The average molecular weight is 248 g/mol. The van der Waals surface area contributed by atoms with Gasteiger partial charge in [0.05, 0.1) is 18.1 Å². The summed E-state index contributed by atoms with van der Waals surface area (Å²) < 4.78 is 0. The van der Waals surface area contributed by atoms with Crippen molar-refractivity contribution in [1.29, 1.82) is 0 Å². The van der Waals surface area contributed by atoms with Gasteiger partial charge >= 0.3 is 0 Å². The molecule has 1 aliphatic heterocycles. The van der Waals surface area contributed by atoms with Crippen LogP contribution >= 0.6 is 0 Å². The Balaban J connectivity index is 1.86. The first kappa shape index (κ1) is 13.3. The number of hydrogen-bond donors (Lipinski definition) is 1. The van der Waals surface area contributed by atoms with Crippen molar-refractivity contribution < 1.29 is 0 Å². The van der Waals surface area contributed by atoms with E-state index >= 15 is 0 Å². The minimum absolute atomic E-state index is 0.789. The number of nitrogens with one attached hydrogen (secondary N) is 1. The van der Waals surface area contributed by atoms with Crippen molar-refractivity contribution in [2.45, 2.75) is 33.7 Å². The van der Waals surface area contributed by atoms with Crippen LogP contribution in [0, 0.1) is 11.8 Å². The summed E-state index contributed by atoms with van der Waals surface area (Å²) in [7, 11) is 0. The van der Waals surface area contributed by atoms with Gasteiger partial charge in [-0.3, -0.25) is 9.88 Å². The van der Waals surface area contributed by atoms with E-state index in [2.05, 4.69) is 41.0 Å². The van der Waals surface area contributed by atoms with Crippen molar-refractivity contribution in [1.82, 2.24) is 14.9 Å². The summed E-state index contributed by atoms with van der Waals surface area (Å²) in [5, 5.41) is 3.16. The molecule has 2 heterocycles. The van der Waals surface area contributed by atoms with Crippen molar-refractivity contribution in [3.8, 4) is 0 Å². The monoisotopic (exact) mass is 248 g/mol. The Morgan fingerprint density at radius 1 is 1.39 bits per heavy atom. The molecule has 1 aromatic rings. The number of hydrogen-bond acceptors (Lipinski definition) is 4. The fourth-order valence-electron chi connectivity index (χ4n) is 2.49. The molecule has 0 radical (unpaired) electrons. The highest BCUT2D eigenvalue weighted by atomic mass is 15.2. The van der Waals surface area contributed by atoms with E-state index in [1.165, 1.54) is 19.5 Å². The minimum Gasteiger partial charge on any atom is -0.369 e. The van der Waals surface area contributed by atoms with Crippen LogP contribution in [0.4, 0.5) is 5.82 Å². The lowest BCUT2D eigenvalue weighted by atomic mass is 9.95. The van der Waals surface area contributed by atoms with Crippen LogP contribution in [0.15, 0.2) is 12.4 Å². The van der Waals surface area contributed by atoms with Crippen LogP contribution in [0.2, 0.25) is 0 Å². The zero-order chi connectivity index (χ0) is 13.0. The molecule has 0 aromatic carbocycles. The number of anilines is 1.